The zero-order valence-corrected chi connectivity index (χ0v) is 12.6. The zero-order chi connectivity index (χ0) is 14.5. The standard InChI is InChI=1S/C15H24N4O/c1-4-5-6-7-8-11(2)19-14-12(17-15(19)16)9-10-13(18-14)20-3/h9-11H,4-8H2,1-3H3,(H2,16,17). The number of nitrogen functional groups attached to an aromatic ring is 1. The van der Waals surface area contributed by atoms with Crippen LogP contribution in [0.2, 0.25) is 0 Å². The average Bonchev–Trinajstić information content (AvgIpc) is 2.78. The summed E-state index contributed by atoms with van der Waals surface area (Å²) >= 11 is 0. The van der Waals surface area contributed by atoms with Crippen LogP contribution in [-0.4, -0.2) is 21.6 Å². The maximum Gasteiger partial charge on any atom is 0.215 e. The van der Waals surface area contributed by atoms with Crippen LogP contribution in [0.5, 0.6) is 5.88 Å². The van der Waals surface area contributed by atoms with Crippen molar-refractivity contribution in [2.45, 2.75) is 52.0 Å². The molecule has 1 unspecified atom stereocenters. The number of ether oxygens (including phenoxy) is 1. The number of nitrogens with zero attached hydrogens (tertiary/aromatic N) is 3. The Hall–Kier alpha value is -1.78. The molecule has 2 N–H and O–H groups in total. The Labute approximate surface area is 120 Å². The van der Waals surface area contributed by atoms with E-state index in [1.807, 2.05) is 16.7 Å². The molecule has 2 heterocycles. The van der Waals surface area contributed by atoms with Crippen LogP contribution >= 0.6 is 0 Å². The van der Waals surface area contributed by atoms with Gasteiger partial charge in [0.1, 0.15) is 5.52 Å². The van der Waals surface area contributed by atoms with E-state index in [9.17, 15) is 0 Å². The first kappa shape index (κ1) is 14.6. The van der Waals surface area contributed by atoms with Gasteiger partial charge in [-0.25, -0.2) is 4.98 Å². The molecule has 0 aliphatic carbocycles. The second kappa shape index (κ2) is 6.59. The Bertz CT molecular complexity index is 564. The van der Waals surface area contributed by atoms with Gasteiger partial charge in [0.05, 0.1) is 7.11 Å². The van der Waals surface area contributed by atoms with Gasteiger partial charge in [0, 0.05) is 12.1 Å². The highest BCUT2D eigenvalue weighted by Crippen LogP contribution is 2.26. The minimum Gasteiger partial charge on any atom is -0.481 e. The van der Waals surface area contributed by atoms with E-state index >= 15 is 0 Å². The molecule has 0 amide bonds. The number of fused-ring (bicyclic) bond motifs is 1. The molecular weight excluding hydrogens is 252 g/mol. The number of aromatic nitrogens is 3. The summed E-state index contributed by atoms with van der Waals surface area (Å²) in [7, 11) is 1.62. The van der Waals surface area contributed by atoms with Gasteiger partial charge in [0.15, 0.2) is 5.65 Å². The first-order valence-corrected chi connectivity index (χ1v) is 7.35. The molecule has 2 aromatic heterocycles. The molecule has 0 fully saturated rings. The predicted molar refractivity (Wildman–Crippen MR) is 82.0 cm³/mol. The number of rotatable bonds is 7. The number of methoxy groups -OCH3 is 1. The molecule has 5 nitrogen and oxygen atoms in total. The molecule has 5 heteroatoms. The minimum absolute atomic E-state index is 0.302. The molecule has 0 spiro atoms. The van der Waals surface area contributed by atoms with Crippen LogP contribution < -0.4 is 10.5 Å². The normalized spacial score (nSPS) is 12.8. The molecule has 2 aromatic rings. The van der Waals surface area contributed by atoms with E-state index < -0.39 is 0 Å². The van der Waals surface area contributed by atoms with Crippen LogP contribution in [0.25, 0.3) is 11.2 Å². The molecule has 0 saturated heterocycles. The first-order chi connectivity index (χ1) is 9.67. The predicted octanol–water partition coefficient (Wildman–Crippen LogP) is 3.55. The van der Waals surface area contributed by atoms with Gasteiger partial charge in [-0.15, -0.1) is 0 Å². The molecule has 0 aromatic carbocycles. The van der Waals surface area contributed by atoms with Gasteiger partial charge in [-0.2, -0.15) is 4.98 Å². The molecule has 2 rings (SSSR count). The molecule has 20 heavy (non-hydrogen) atoms. The number of unbranched alkanes of at least 4 members (excludes halogenated alkanes) is 3. The minimum atomic E-state index is 0.302. The van der Waals surface area contributed by atoms with Gasteiger partial charge in [0.25, 0.3) is 0 Å². The van der Waals surface area contributed by atoms with Crippen molar-refractivity contribution in [3.05, 3.63) is 12.1 Å². The first-order valence-electron chi connectivity index (χ1n) is 7.35. The summed E-state index contributed by atoms with van der Waals surface area (Å²) in [4.78, 5) is 8.85. The Kier molecular flexibility index (Phi) is 4.82. The number of hydrogen-bond donors (Lipinski definition) is 1. The Morgan fingerprint density at radius 1 is 1.25 bits per heavy atom. The SMILES string of the molecule is CCCCCCC(C)n1c(N)nc2ccc(OC)nc21. The highest BCUT2D eigenvalue weighted by atomic mass is 16.5. The van der Waals surface area contributed by atoms with Crippen molar-refractivity contribution in [2.24, 2.45) is 0 Å². The van der Waals surface area contributed by atoms with Crippen molar-refractivity contribution in [1.29, 1.82) is 0 Å². The van der Waals surface area contributed by atoms with Gasteiger partial charge in [-0.05, 0) is 19.4 Å². The number of imidazole rings is 1. The van der Waals surface area contributed by atoms with Gasteiger partial charge >= 0.3 is 0 Å². The second-order valence-corrected chi connectivity index (χ2v) is 5.23. The van der Waals surface area contributed by atoms with Crippen molar-refractivity contribution in [3.63, 3.8) is 0 Å². The number of hydrogen-bond acceptors (Lipinski definition) is 4. The van der Waals surface area contributed by atoms with Crippen LogP contribution in [0.1, 0.15) is 52.0 Å². The van der Waals surface area contributed by atoms with Crippen molar-refractivity contribution < 1.29 is 4.74 Å². The lowest BCUT2D eigenvalue weighted by atomic mass is 10.1. The van der Waals surface area contributed by atoms with Gasteiger partial charge in [-0.1, -0.05) is 32.6 Å². The summed E-state index contributed by atoms with van der Waals surface area (Å²) in [6.07, 6.45) is 6.11. The average molecular weight is 276 g/mol. The summed E-state index contributed by atoms with van der Waals surface area (Å²) in [5, 5.41) is 0. The fourth-order valence-corrected chi connectivity index (χ4v) is 2.52. The Morgan fingerprint density at radius 3 is 2.75 bits per heavy atom. The van der Waals surface area contributed by atoms with E-state index in [-0.39, 0.29) is 0 Å². The van der Waals surface area contributed by atoms with Crippen LogP contribution in [0.3, 0.4) is 0 Å². The molecule has 0 aliphatic rings. The molecule has 0 aliphatic heterocycles. The Balaban J connectivity index is 2.21. The highest BCUT2D eigenvalue weighted by molar-refractivity contribution is 5.75. The molecule has 0 bridgehead atoms. The molecule has 1 atom stereocenters. The van der Waals surface area contributed by atoms with Crippen LogP contribution in [0, 0.1) is 0 Å². The molecular formula is C15H24N4O. The maximum atomic E-state index is 6.05. The molecule has 110 valence electrons. The van der Waals surface area contributed by atoms with Crippen LogP contribution in [0.4, 0.5) is 5.95 Å². The van der Waals surface area contributed by atoms with Crippen LogP contribution in [-0.2, 0) is 0 Å². The maximum absolute atomic E-state index is 6.05. The Morgan fingerprint density at radius 2 is 2.05 bits per heavy atom. The van der Waals surface area contributed by atoms with Crippen LogP contribution in [0.15, 0.2) is 12.1 Å². The molecule has 0 radical (unpaired) electrons. The van der Waals surface area contributed by atoms with Crippen molar-refractivity contribution in [3.8, 4) is 5.88 Å². The van der Waals surface area contributed by atoms with Crippen molar-refractivity contribution in [1.82, 2.24) is 14.5 Å². The second-order valence-electron chi connectivity index (χ2n) is 5.23. The lowest BCUT2D eigenvalue weighted by Gasteiger charge is -2.15. The number of anilines is 1. The summed E-state index contributed by atoms with van der Waals surface area (Å²) in [6, 6.07) is 4.01. The van der Waals surface area contributed by atoms with E-state index in [1.54, 1.807) is 7.11 Å². The van der Waals surface area contributed by atoms with E-state index in [4.69, 9.17) is 10.5 Å². The quantitative estimate of drug-likeness (QED) is 0.785. The largest absolute Gasteiger partial charge is 0.481 e. The van der Waals surface area contributed by atoms with E-state index in [2.05, 4.69) is 23.8 Å². The lowest BCUT2D eigenvalue weighted by molar-refractivity contribution is 0.398. The van der Waals surface area contributed by atoms with E-state index in [0.29, 0.717) is 17.9 Å². The smallest absolute Gasteiger partial charge is 0.215 e. The summed E-state index contributed by atoms with van der Waals surface area (Å²) in [5.74, 6) is 1.13. The number of nitrogens with two attached hydrogens (primary N) is 1. The third-order valence-electron chi connectivity index (χ3n) is 3.66. The highest BCUT2D eigenvalue weighted by Gasteiger charge is 2.15. The van der Waals surface area contributed by atoms with Gasteiger partial charge in [-0.3, -0.25) is 4.57 Å². The van der Waals surface area contributed by atoms with E-state index in [1.165, 1.54) is 25.7 Å². The third-order valence-corrected chi connectivity index (χ3v) is 3.66. The van der Waals surface area contributed by atoms with Crippen molar-refractivity contribution in [2.75, 3.05) is 12.8 Å². The number of pyridine rings is 1. The van der Waals surface area contributed by atoms with Gasteiger partial charge < -0.3 is 10.5 Å². The summed E-state index contributed by atoms with van der Waals surface area (Å²) in [5.41, 5.74) is 7.68. The fourth-order valence-electron chi connectivity index (χ4n) is 2.52. The van der Waals surface area contributed by atoms with Gasteiger partial charge in [0.2, 0.25) is 11.8 Å². The summed E-state index contributed by atoms with van der Waals surface area (Å²) in [6.45, 7) is 4.39. The third kappa shape index (κ3) is 3.03. The monoisotopic (exact) mass is 276 g/mol. The molecule has 0 saturated carbocycles. The fraction of sp³-hybridized carbons (Fsp3) is 0.600. The van der Waals surface area contributed by atoms with E-state index in [0.717, 1.165) is 17.6 Å². The zero-order valence-electron chi connectivity index (χ0n) is 12.6. The lowest BCUT2D eigenvalue weighted by Crippen LogP contribution is -2.09. The van der Waals surface area contributed by atoms with Crippen molar-refractivity contribution >= 4 is 17.1 Å². The topological polar surface area (TPSA) is 66.0 Å². The summed E-state index contributed by atoms with van der Waals surface area (Å²) < 4.78 is 7.20.